The number of para-hydroxylation sites is 2. The molecule has 1 fully saturated rings. The highest BCUT2D eigenvalue weighted by molar-refractivity contribution is 5.58. The van der Waals surface area contributed by atoms with Gasteiger partial charge in [-0.25, -0.2) is 0 Å². The molecule has 0 amide bonds. The van der Waals surface area contributed by atoms with E-state index in [9.17, 15) is 5.11 Å². The molecule has 1 heterocycles. The predicted octanol–water partition coefficient (Wildman–Crippen LogP) is 2.27. The van der Waals surface area contributed by atoms with Crippen molar-refractivity contribution in [3.8, 4) is 11.5 Å². The molecule has 1 saturated heterocycles. The summed E-state index contributed by atoms with van der Waals surface area (Å²) >= 11 is 0. The summed E-state index contributed by atoms with van der Waals surface area (Å²) < 4.78 is 11.3. The van der Waals surface area contributed by atoms with Crippen molar-refractivity contribution in [1.29, 1.82) is 0 Å². The molecule has 3 rings (SSSR count). The van der Waals surface area contributed by atoms with Crippen molar-refractivity contribution in [2.24, 2.45) is 0 Å². The summed E-state index contributed by atoms with van der Waals surface area (Å²) in [6.45, 7) is 11.5. The van der Waals surface area contributed by atoms with Gasteiger partial charge in [-0.05, 0) is 48.2 Å². The number of methoxy groups -OCH3 is 1. The van der Waals surface area contributed by atoms with Gasteiger partial charge in [-0.3, -0.25) is 0 Å². The van der Waals surface area contributed by atoms with Gasteiger partial charge in [0.05, 0.1) is 39.0 Å². The second-order valence-corrected chi connectivity index (χ2v) is 8.25. The molecular formula is C24H35N2O3+. The first-order valence-electron chi connectivity index (χ1n) is 10.6. The third kappa shape index (κ3) is 5.64. The van der Waals surface area contributed by atoms with Crippen LogP contribution in [0.2, 0.25) is 0 Å². The number of hydrogen-bond acceptors (Lipinski definition) is 4. The van der Waals surface area contributed by atoms with Crippen LogP contribution < -0.4 is 19.3 Å². The second kappa shape index (κ2) is 9.99. The van der Waals surface area contributed by atoms with E-state index in [1.807, 2.05) is 24.3 Å². The lowest BCUT2D eigenvalue weighted by atomic mass is 9.98. The summed E-state index contributed by atoms with van der Waals surface area (Å²) in [5, 5.41) is 10.5. The number of aliphatic hydroxyl groups is 1. The number of anilines is 1. The Hall–Kier alpha value is -2.24. The lowest BCUT2D eigenvalue weighted by Crippen LogP contribution is -3.16. The Morgan fingerprint density at radius 3 is 2.48 bits per heavy atom. The quantitative estimate of drug-likeness (QED) is 0.715. The van der Waals surface area contributed by atoms with E-state index < -0.39 is 6.10 Å². The average molecular weight is 400 g/mol. The number of rotatable bonds is 8. The van der Waals surface area contributed by atoms with Gasteiger partial charge in [0.2, 0.25) is 0 Å². The maximum absolute atomic E-state index is 10.5. The molecule has 5 nitrogen and oxygen atoms in total. The molecule has 1 atom stereocenters. The van der Waals surface area contributed by atoms with Gasteiger partial charge >= 0.3 is 0 Å². The van der Waals surface area contributed by atoms with Crippen LogP contribution >= 0.6 is 0 Å². The monoisotopic (exact) mass is 399 g/mol. The van der Waals surface area contributed by atoms with Gasteiger partial charge in [0.25, 0.3) is 0 Å². The molecule has 0 unspecified atom stereocenters. The molecule has 0 bridgehead atoms. The molecule has 1 aliphatic heterocycles. The fourth-order valence-electron chi connectivity index (χ4n) is 4.13. The largest absolute Gasteiger partial charge is 0.495 e. The summed E-state index contributed by atoms with van der Waals surface area (Å²) in [5.41, 5.74) is 3.73. The normalized spacial score (nSPS) is 16.1. The number of benzene rings is 2. The van der Waals surface area contributed by atoms with Crippen molar-refractivity contribution in [3.05, 3.63) is 53.6 Å². The van der Waals surface area contributed by atoms with E-state index in [-0.39, 0.29) is 0 Å². The minimum Gasteiger partial charge on any atom is -0.495 e. The van der Waals surface area contributed by atoms with Crippen LogP contribution in [0.5, 0.6) is 11.5 Å². The van der Waals surface area contributed by atoms with Crippen LogP contribution in [0.4, 0.5) is 5.69 Å². The minimum atomic E-state index is -0.465. The van der Waals surface area contributed by atoms with Crippen LogP contribution in [0.15, 0.2) is 42.5 Å². The summed E-state index contributed by atoms with van der Waals surface area (Å²) in [4.78, 5) is 3.78. The van der Waals surface area contributed by atoms with Crippen LogP contribution in [0.3, 0.4) is 0 Å². The zero-order valence-corrected chi connectivity index (χ0v) is 18.1. The Balaban J connectivity index is 1.45. The molecule has 158 valence electrons. The Labute approximate surface area is 174 Å². The second-order valence-electron chi connectivity index (χ2n) is 8.25. The first-order valence-corrected chi connectivity index (χ1v) is 10.6. The SMILES string of the molecule is COc1ccccc1N1CC[NH+](C[C@@H](O)COc2ccc(C(C)C)c(C)c2)CC1. The number of piperazine rings is 1. The van der Waals surface area contributed by atoms with Crippen LogP contribution in [-0.2, 0) is 0 Å². The number of nitrogens with zero attached hydrogens (tertiary/aromatic N) is 1. The molecule has 2 N–H and O–H groups in total. The van der Waals surface area contributed by atoms with Crippen molar-refractivity contribution in [1.82, 2.24) is 0 Å². The maximum Gasteiger partial charge on any atom is 0.142 e. The van der Waals surface area contributed by atoms with Crippen molar-refractivity contribution >= 4 is 5.69 Å². The highest BCUT2D eigenvalue weighted by Gasteiger charge is 2.24. The zero-order chi connectivity index (χ0) is 20.8. The van der Waals surface area contributed by atoms with Crippen molar-refractivity contribution in [3.63, 3.8) is 0 Å². The highest BCUT2D eigenvalue weighted by atomic mass is 16.5. The molecule has 5 heteroatoms. The van der Waals surface area contributed by atoms with Gasteiger partial charge in [-0.15, -0.1) is 0 Å². The Morgan fingerprint density at radius 1 is 1.10 bits per heavy atom. The average Bonchev–Trinajstić information content (AvgIpc) is 2.72. The molecule has 0 radical (unpaired) electrons. The topological polar surface area (TPSA) is 46.4 Å². The van der Waals surface area contributed by atoms with Gasteiger partial charge < -0.3 is 24.4 Å². The number of quaternary nitrogens is 1. The molecule has 29 heavy (non-hydrogen) atoms. The molecule has 1 aliphatic rings. The van der Waals surface area contributed by atoms with Gasteiger partial charge in [-0.2, -0.15) is 0 Å². The number of aryl methyl sites for hydroxylation is 1. The van der Waals surface area contributed by atoms with Crippen LogP contribution in [0.25, 0.3) is 0 Å². The van der Waals surface area contributed by atoms with E-state index in [1.54, 1.807) is 7.11 Å². The number of hydrogen-bond donors (Lipinski definition) is 2. The Morgan fingerprint density at radius 2 is 1.83 bits per heavy atom. The zero-order valence-electron chi connectivity index (χ0n) is 18.1. The molecular weight excluding hydrogens is 364 g/mol. The molecule has 0 saturated carbocycles. The van der Waals surface area contributed by atoms with Crippen molar-refractivity contribution < 1.29 is 19.5 Å². The van der Waals surface area contributed by atoms with Crippen LogP contribution in [-0.4, -0.2) is 57.7 Å². The van der Waals surface area contributed by atoms with E-state index in [0.717, 1.165) is 43.4 Å². The van der Waals surface area contributed by atoms with E-state index >= 15 is 0 Å². The minimum absolute atomic E-state index is 0.334. The Kier molecular flexibility index (Phi) is 7.40. The molecule has 2 aromatic carbocycles. The fraction of sp³-hybridized carbons (Fsp3) is 0.500. The smallest absolute Gasteiger partial charge is 0.142 e. The molecule has 0 aliphatic carbocycles. The fourth-order valence-corrected chi connectivity index (χ4v) is 4.13. The summed E-state index contributed by atoms with van der Waals surface area (Å²) in [6, 6.07) is 14.4. The van der Waals surface area contributed by atoms with Gasteiger partial charge in [-0.1, -0.05) is 32.0 Å². The van der Waals surface area contributed by atoms with Crippen LogP contribution in [0.1, 0.15) is 30.9 Å². The van der Waals surface area contributed by atoms with Crippen LogP contribution in [0, 0.1) is 6.92 Å². The molecule has 0 spiro atoms. The molecule has 0 aromatic heterocycles. The summed E-state index contributed by atoms with van der Waals surface area (Å²) in [5.74, 6) is 2.26. The summed E-state index contributed by atoms with van der Waals surface area (Å²) in [7, 11) is 1.72. The Bertz CT molecular complexity index is 785. The standard InChI is InChI=1S/C24H34N2O3/c1-18(2)22-10-9-21(15-19(22)3)29-17-20(27)16-25-11-13-26(14-12-25)23-7-5-6-8-24(23)28-4/h5-10,15,18,20,27H,11-14,16-17H2,1-4H3/p+1/t20-/m1/s1. The van der Waals surface area contributed by atoms with Crippen molar-refractivity contribution in [2.75, 3.05) is 51.3 Å². The van der Waals surface area contributed by atoms with E-state index in [2.05, 4.69) is 43.9 Å². The summed E-state index contributed by atoms with van der Waals surface area (Å²) in [6.07, 6.45) is -0.465. The lowest BCUT2D eigenvalue weighted by Gasteiger charge is -2.35. The lowest BCUT2D eigenvalue weighted by molar-refractivity contribution is -0.903. The third-order valence-corrected chi connectivity index (χ3v) is 5.73. The predicted molar refractivity (Wildman–Crippen MR) is 118 cm³/mol. The van der Waals surface area contributed by atoms with E-state index in [1.165, 1.54) is 16.0 Å². The number of nitrogens with one attached hydrogen (secondary N) is 1. The molecule has 2 aromatic rings. The number of ether oxygens (including phenoxy) is 2. The number of aliphatic hydroxyl groups excluding tert-OH is 1. The van der Waals surface area contributed by atoms with Gasteiger partial charge in [0.15, 0.2) is 0 Å². The maximum atomic E-state index is 10.5. The first kappa shape index (κ1) is 21.5. The van der Waals surface area contributed by atoms with E-state index in [4.69, 9.17) is 9.47 Å². The first-order chi connectivity index (χ1) is 14.0. The van der Waals surface area contributed by atoms with E-state index in [0.29, 0.717) is 19.1 Å². The van der Waals surface area contributed by atoms with Gasteiger partial charge in [0, 0.05) is 0 Å². The third-order valence-electron chi connectivity index (χ3n) is 5.73. The van der Waals surface area contributed by atoms with Crippen molar-refractivity contribution in [2.45, 2.75) is 32.8 Å². The van der Waals surface area contributed by atoms with Gasteiger partial charge in [0.1, 0.15) is 30.8 Å². The highest BCUT2D eigenvalue weighted by Crippen LogP contribution is 2.27.